The van der Waals surface area contributed by atoms with Crippen LogP contribution in [0.25, 0.3) is 0 Å². The Bertz CT molecular complexity index is 621. The van der Waals surface area contributed by atoms with E-state index in [1.807, 2.05) is 25.1 Å². The highest BCUT2D eigenvalue weighted by molar-refractivity contribution is 5.92. The monoisotopic (exact) mass is 271 g/mol. The molecule has 104 valence electrons. The topological polar surface area (TPSA) is 67.0 Å². The van der Waals surface area contributed by atoms with Crippen molar-refractivity contribution in [1.82, 2.24) is 15.5 Å². The molecule has 1 aromatic heterocycles. The van der Waals surface area contributed by atoms with E-state index < -0.39 is 0 Å². The summed E-state index contributed by atoms with van der Waals surface area (Å²) in [5.74, 6) is 1.11. The molecule has 2 heterocycles. The molecular weight excluding hydrogens is 254 g/mol. The van der Waals surface area contributed by atoms with Gasteiger partial charge in [0.15, 0.2) is 0 Å². The van der Waals surface area contributed by atoms with Gasteiger partial charge in [-0.25, -0.2) is 0 Å². The van der Waals surface area contributed by atoms with Gasteiger partial charge in [0, 0.05) is 18.2 Å². The zero-order valence-electron chi connectivity index (χ0n) is 11.3. The summed E-state index contributed by atoms with van der Waals surface area (Å²) in [5.41, 5.74) is 2.51. The number of carbonyl (C=O) groups excluding carboxylic acids is 1. The largest absolute Gasteiger partial charge is 0.493 e. The first kappa shape index (κ1) is 12.7. The molecule has 5 heteroatoms. The van der Waals surface area contributed by atoms with Gasteiger partial charge in [-0.3, -0.25) is 9.89 Å². The van der Waals surface area contributed by atoms with Gasteiger partial charge >= 0.3 is 0 Å². The van der Waals surface area contributed by atoms with Crippen molar-refractivity contribution in [3.63, 3.8) is 0 Å². The molecule has 0 fully saturated rings. The molecule has 0 saturated heterocycles. The molecule has 0 bridgehead atoms. The number of nitrogens with zero attached hydrogens (tertiary/aromatic N) is 1. The number of H-pyrrole nitrogens is 1. The Morgan fingerprint density at radius 1 is 1.50 bits per heavy atom. The Hall–Kier alpha value is -2.30. The first-order valence-corrected chi connectivity index (χ1v) is 6.73. The van der Waals surface area contributed by atoms with Gasteiger partial charge < -0.3 is 10.1 Å². The predicted molar refractivity (Wildman–Crippen MR) is 74.8 cm³/mol. The smallest absolute Gasteiger partial charge is 0.271 e. The van der Waals surface area contributed by atoms with E-state index in [-0.39, 0.29) is 5.91 Å². The van der Waals surface area contributed by atoms with Crippen molar-refractivity contribution in [1.29, 1.82) is 0 Å². The maximum atomic E-state index is 11.9. The highest BCUT2D eigenvalue weighted by Crippen LogP contribution is 2.26. The van der Waals surface area contributed by atoms with Crippen molar-refractivity contribution in [3.8, 4) is 5.75 Å². The van der Waals surface area contributed by atoms with E-state index in [1.54, 1.807) is 6.07 Å². The number of ether oxygens (including phenoxy) is 1. The number of carbonyl (C=O) groups is 1. The predicted octanol–water partition coefficient (Wildman–Crippen LogP) is 1.70. The molecule has 0 spiro atoms. The van der Waals surface area contributed by atoms with Crippen molar-refractivity contribution in [3.05, 3.63) is 47.3 Å². The minimum atomic E-state index is -0.145. The highest BCUT2D eigenvalue weighted by Gasteiger charge is 2.20. The van der Waals surface area contributed by atoms with Crippen LogP contribution in [0.3, 0.4) is 0 Å². The summed E-state index contributed by atoms with van der Waals surface area (Å²) >= 11 is 0. The van der Waals surface area contributed by atoms with E-state index in [2.05, 4.69) is 21.6 Å². The van der Waals surface area contributed by atoms with E-state index in [4.69, 9.17) is 4.74 Å². The Morgan fingerprint density at radius 3 is 3.15 bits per heavy atom. The van der Waals surface area contributed by atoms with Crippen molar-refractivity contribution >= 4 is 5.91 Å². The van der Waals surface area contributed by atoms with Crippen molar-refractivity contribution < 1.29 is 9.53 Å². The van der Waals surface area contributed by atoms with Crippen LogP contribution in [-0.4, -0.2) is 29.3 Å². The zero-order chi connectivity index (χ0) is 13.9. The molecule has 3 rings (SSSR count). The van der Waals surface area contributed by atoms with Gasteiger partial charge in [0.2, 0.25) is 0 Å². The molecule has 5 nitrogen and oxygen atoms in total. The summed E-state index contributed by atoms with van der Waals surface area (Å²) in [6, 6.07) is 9.77. The van der Waals surface area contributed by atoms with E-state index in [9.17, 15) is 4.79 Å². The van der Waals surface area contributed by atoms with Crippen LogP contribution in [0, 0.1) is 12.8 Å². The second kappa shape index (κ2) is 5.36. The maximum Gasteiger partial charge on any atom is 0.271 e. The molecular formula is C15H17N3O2. The number of benzene rings is 1. The summed E-state index contributed by atoms with van der Waals surface area (Å²) in [7, 11) is 0. The second-order valence-electron chi connectivity index (χ2n) is 5.14. The molecule has 1 amide bonds. The fourth-order valence-electron chi connectivity index (χ4n) is 2.38. The third-order valence-electron chi connectivity index (χ3n) is 3.45. The molecule has 2 N–H and O–H groups in total. The Balaban J connectivity index is 1.56. The van der Waals surface area contributed by atoms with Gasteiger partial charge in [-0.15, -0.1) is 0 Å². The third kappa shape index (κ3) is 2.66. The number of hydrogen-bond donors (Lipinski definition) is 2. The minimum Gasteiger partial charge on any atom is -0.493 e. The first-order chi connectivity index (χ1) is 9.72. The van der Waals surface area contributed by atoms with Crippen molar-refractivity contribution in [2.24, 2.45) is 5.92 Å². The van der Waals surface area contributed by atoms with E-state index in [0.29, 0.717) is 24.8 Å². The number of para-hydroxylation sites is 1. The van der Waals surface area contributed by atoms with Crippen LogP contribution in [0.4, 0.5) is 0 Å². The number of aryl methyl sites for hydroxylation is 1. The highest BCUT2D eigenvalue weighted by atomic mass is 16.5. The number of aromatic amines is 1. The van der Waals surface area contributed by atoms with Crippen LogP contribution in [-0.2, 0) is 6.42 Å². The van der Waals surface area contributed by atoms with E-state index in [1.165, 1.54) is 5.56 Å². The summed E-state index contributed by atoms with van der Waals surface area (Å²) < 4.78 is 5.71. The molecule has 1 aliphatic heterocycles. The van der Waals surface area contributed by atoms with Crippen LogP contribution in [0.15, 0.2) is 30.3 Å². The standard InChI is InChI=1S/C15H17N3O2/c1-10-6-13(18-17-10)15(19)16-8-11-7-12-4-2-3-5-14(12)20-9-11/h2-6,11H,7-9H2,1H3,(H,16,19)(H,17,18)/t11-/m0/s1. The number of aromatic nitrogens is 2. The van der Waals surface area contributed by atoms with Crippen LogP contribution >= 0.6 is 0 Å². The fraction of sp³-hybridized carbons (Fsp3) is 0.333. The molecule has 1 aromatic carbocycles. The molecule has 0 saturated carbocycles. The number of hydrogen-bond acceptors (Lipinski definition) is 3. The van der Waals surface area contributed by atoms with Gasteiger partial charge in [-0.05, 0) is 31.0 Å². The Kier molecular flexibility index (Phi) is 3.41. The molecule has 1 atom stereocenters. The lowest BCUT2D eigenvalue weighted by Gasteiger charge is -2.25. The molecule has 2 aromatic rings. The van der Waals surface area contributed by atoms with Gasteiger partial charge in [-0.1, -0.05) is 18.2 Å². The van der Waals surface area contributed by atoms with Gasteiger partial charge in [0.1, 0.15) is 11.4 Å². The van der Waals surface area contributed by atoms with Crippen molar-refractivity contribution in [2.75, 3.05) is 13.2 Å². The SMILES string of the molecule is Cc1cc(C(=O)NC[C@H]2COc3ccccc3C2)n[nH]1. The number of rotatable bonds is 3. The number of amides is 1. The molecule has 0 radical (unpaired) electrons. The van der Waals surface area contributed by atoms with E-state index >= 15 is 0 Å². The zero-order valence-corrected chi connectivity index (χ0v) is 11.3. The van der Waals surface area contributed by atoms with Gasteiger partial charge in [0.25, 0.3) is 5.91 Å². The lowest BCUT2D eigenvalue weighted by atomic mass is 9.97. The summed E-state index contributed by atoms with van der Waals surface area (Å²) in [4.78, 5) is 11.9. The molecule has 0 aliphatic carbocycles. The number of fused-ring (bicyclic) bond motifs is 1. The van der Waals surface area contributed by atoms with Crippen molar-refractivity contribution in [2.45, 2.75) is 13.3 Å². The van der Waals surface area contributed by atoms with E-state index in [0.717, 1.165) is 17.9 Å². The van der Waals surface area contributed by atoms with Crippen LogP contribution in [0.1, 0.15) is 21.7 Å². The lowest BCUT2D eigenvalue weighted by Crippen LogP contribution is -2.34. The van der Waals surface area contributed by atoms with Gasteiger partial charge in [0.05, 0.1) is 6.61 Å². The first-order valence-electron chi connectivity index (χ1n) is 6.73. The van der Waals surface area contributed by atoms with Crippen LogP contribution in [0.5, 0.6) is 5.75 Å². The Labute approximate surface area is 117 Å². The fourth-order valence-corrected chi connectivity index (χ4v) is 2.38. The summed E-state index contributed by atoms with van der Waals surface area (Å²) in [6.45, 7) is 3.10. The quantitative estimate of drug-likeness (QED) is 0.893. The van der Waals surface area contributed by atoms with Gasteiger partial charge in [-0.2, -0.15) is 5.10 Å². The third-order valence-corrected chi connectivity index (χ3v) is 3.45. The second-order valence-corrected chi connectivity index (χ2v) is 5.14. The minimum absolute atomic E-state index is 0.145. The van der Waals surface area contributed by atoms with Crippen LogP contribution in [0.2, 0.25) is 0 Å². The molecule has 1 aliphatic rings. The number of nitrogens with one attached hydrogen (secondary N) is 2. The molecule has 0 unspecified atom stereocenters. The summed E-state index contributed by atoms with van der Waals surface area (Å²) in [6.07, 6.45) is 0.927. The Morgan fingerprint density at radius 2 is 2.35 bits per heavy atom. The maximum absolute atomic E-state index is 11.9. The normalized spacial score (nSPS) is 17.1. The average molecular weight is 271 g/mol. The lowest BCUT2D eigenvalue weighted by molar-refractivity contribution is 0.0934. The summed E-state index contributed by atoms with van der Waals surface area (Å²) in [5, 5.41) is 9.62. The average Bonchev–Trinajstić information content (AvgIpc) is 2.91. The van der Waals surface area contributed by atoms with Crippen LogP contribution < -0.4 is 10.1 Å². The molecule has 20 heavy (non-hydrogen) atoms.